The van der Waals surface area contributed by atoms with E-state index in [0.717, 1.165) is 0 Å². The fourth-order valence-corrected chi connectivity index (χ4v) is 1.65. The third-order valence-electron chi connectivity index (χ3n) is 1.57. The Hall–Kier alpha value is -0.200. The summed E-state index contributed by atoms with van der Waals surface area (Å²) in [5, 5.41) is 6.17. The second-order valence-electron chi connectivity index (χ2n) is 4.91. The lowest BCUT2D eigenvalue weighted by Crippen LogP contribution is -2.66. The van der Waals surface area contributed by atoms with E-state index in [1.54, 1.807) is 13.8 Å². The van der Waals surface area contributed by atoms with Crippen LogP contribution in [0.15, 0.2) is 0 Å². The first-order valence-electron chi connectivity index (χ1n) is 5.37. The van der Waals surface area contributed by atoms with E-state index in [9.17, 15) is 0 Å². The second-order valence-corrected chi connectivity index (χ2v) is 4.91. The highest BCUT2D eigenvalue weighted by atomic mass is 16.6. The zero-order chi connectivity index (χ0) is 12.3. The van der Waals surface area contributed by atoms with Crippen LogP contribution in [-0.2, 0) is 4.74 Å². The predicted molar refractivity (Wildman–Crippen MR) is 62.8 cm³/mol. The smallest absolute Gasteiger partial charge is 0.173 e. The average molecular weight is 218 g/mol. The lowest BCUT2D eigenvalue weighted by Gasteiger charge is -2.38. The number of rotatable bonds is 6. The molecule has 0 aliphatic rings. The van der Waals surface area contributed by atoms with Gasteiger partial charge in [0.15, 0.2) is 11.7 Å². The van der Waals surface area contributed by atoms with Gasteiger partial charge in [-0.05, 0) is 41.5 Å². The van der Waals surface area contributed by atoms with Crippen LogP contribution >= 0.6 is 0 Å². The van der Waals surface area contributed by atoms with E-state index in [4.69, 9.17) is 16.2 Å². The van der Waals surface area contributed by atoms with Crippen LogP contribution in [0.3, 0.4) is 0 Å². The molecule has 0 heterocycles. The van der Waals surface area contributed by atoms with Crippen LogP contribution in [0.25, 0.3) is 0 Å². The molecule has 5 nitrogen and oxygen atoms in total. The average Bonchev–Trinajstić information content (AvgIpc) is 1.73. The summed E-state index contributed by atoms with van der Waals surface area (Å²) in [5.74, 6) is -1.89. The van der Waals surface area contributed by atoms with Crippen LogP contribution in [0.5, 0.6) is 0 Å². The summed E-state index contributed by atoms with van der Waals surface area (Å²) in [6.07, 6.45) is 0. The lowest BCUT2D eigenvalue weighted by molar-refractivity contribution is -0.172. The molecule has 0 aliphatic carbocycles. The Morgan fingerprint density at radius 1 is 0.867 bits per heavy atom. The Morgan fingerprint density at radius 2 is 1.13 bits per heavy atom. The van der Waals surface area contributed by atoms with Gasteiger partial charge in [-0.3, -0.25) is 22.1 Å². The van der Waals surface area contributed by atoms with Gasteiger partial charge in [-0.25, -0.2) is 0 Å². The van der Waals surface area contributed by atoms with E-state index in [0.29, 0.717) is 0 Å². The molecule has 2 atom stereocenters. The van der Waals surface area contributed by atoms with Crippen molar-refractivity contribution in [2.45, 2.75) is 65.3 Å². The van der Waals surface area contributed by atoms with Crippen LogP contribution < -0.4 is 22.1 Å². The zero-order valence-electron chi connectivity index (χ0n) is 10.7. The van der Waals surface area contributed by atoms with E-state index in [2.05, 4.69) is 10.6 Å². The van der Waals surface area contributed by atoms with Crippen LogP contribution in [-0.4, -0.2) is 23.8 Å². The molecule has 15 heavy (non-hydrogen) atoms. The van der Waals surface area contributed by atoms with Crippen LogP contribution in [0.1, 0.15) is 41.5 Å². The second kappa shape index (κ2) is 5.23. The lowest BCUT2D eigenvalue weighted by atomic mass is 10.3. The van der Waals surface area contributed by atoms with Crippen molar-refractivity contribution >= 4 is 0 Å². The van der Waals surface area contributed by atoms with Crippen LogP contribution in [0, 0.1) is 0 Å². The first-order chi connectivity index (χ1) is 6.54. The highest BCUT2D eigenvalue weighted by Crippen LogP contribution is 2.08. The molecule has 0 amide bonds. The minimum atomic E-state index is -0.945. The summed E-state index contributed by atoms with van der Waals surface area (Å²) in [7, 11) is 0. The molecular formula is C10H26N4O. The number of nitrogens with one attached hydrogen (secondary N) is 2. The van der Waals surface area contributed by atoms with Gasteiger partial charge in [0.25, 0.3) is 0 Å². The molecular weight excluding hydrogens is 192 g/mol. The maximum atomic E-state index is 5.93. The molecule has 0 saturated carbocycles. The monoisotopic (exact) mass is 218 g/mol. The van der Waals surface area contributed by atoms with Gasteiger partial charge in [-0.1, -0.05) is 0 Å². The van der Waals surface area contributed by atoms with Gasteiger partial charge in [0, 0.05) is 12.1 Å². The van der Waals surface area contributed by atoms with E-state index >= 15 is 0 Å². The maximum Gasteiger partial charge on any atom is 0.173 e. The molecule has 5 heteroatoms. The van der Waals surface area contributed by atoms with Crippen LogP contribution in [0.4, 0.5) is 0 Å². The molecule has 0 saturated heterocycles. The maximum absolute atomic E-state index is 5.93. The molecule has 92 valence electrons. The standard InChI is InChI=1S/C10H26N4O/c1-7(2)13-9(5,11)15-10(6,12)14-8(3)4/h7-8,13-14H,11-12H2,1-6H3. The van der Waals surface area contributed by atoms with E-state index in [-0.39, 0.29) is 12.1 Å². The van der Waals surface area contributed by atoms with Crippen molar-refractivity contribution in [3.05, 3.63) is 0 Å². The molecule has 0 spiro atoms. The Kier molecular flexibility index (Phi) is 5.16. The Morgan fingerprint density at radius 3 is 1.33 bits per heavy atom. The summed E-state index contributed by atoms with van der Waals surface area (Å²) in [4.78, 5) is 0. The highest BCUT2D eigenvalue weighted by Gasteiger charge is 2.30. The van der Waals surface area contributed by atoms with Crippen molar-refractivity contribution in [1.82, 2.24) is 10.6 Å². The summed E-state index contributed by atoms with van der Waals surface area (Å²) in [5.41, 5.74) is 11.9. The van der Waals surface area contributed by atoms with Gasteiger partial charge in [0.1, 0.15) is 0 Å². The minimum absolute atomic E-state index is 0.231. The predicted octanol–water partition coefficient (Wildman–Crippen LogP) is 0.264. The summed E-state index contributed by atoms with van der Waals surface area (Å²) in [6, 6.07) is 0.463. The topological polar surface area (TPSA) is 85.3 Å². The summed E-state index contributed by atoms with van der Waals surface area (Å²) < 4.78 is 5.58. The molecule has 2 unspecified atom stereocenters. The van der Waals surface area contributed by atoms with Gasteiger partial charge in [0.05, 0.1) is 0 Å². The molecule has 0 fully saturated rings. The van der Waals surface area contributed by atoms with Gasteiger partial charge < -0.3 is 4.74 Å². The molecule has 6 N–H and O–H groups in total. The zero-order valence-corrected chi connectivity index (χ0v) is 10.7. The van der Waals surface area contributed by atoms with Gasteiger partial charge in [0.2, 0.25) is 0 Å². The fraction of sp³-hybridized carbons (Fsp3) is 1.00. The van der Waals surface area contributed by atoms with Crippen LogP contribution in [0.2, 0.25) is 0 Å². The summed E-state index contributed by atoms with van der Waals surface area (Å²) >= 11 is 0. The van der Waals surface area contributed by atoms with Crippen molar-refractivity contribution in [2.24, 2.45) is 11.5 Å². The van der Waals surface area contributed by atoms with Gasteiger partial charge in [-0.15, -0.1) is 0 Å². The summed E-state index contributed by atoms with van der Waals surface area (Å²) in [6.45, 7) is 11.5. The fourth-order valence-electron chi connectivity index (χ4n) is 1.65. The third-order valence-corrected chi connectivity index (χ3v) is 1.57. The Bertz CT molecular complexity index is 170. The normalized spacial score (nSPS) is 20.4. The van der Waals surface area contributed by atoms with E-state index < -0.39 is 11.7 Å². The Labute approximate surface area is 92.9 Å². The molecule has 0 aromatic carbocycles. The first-order valence-corrected chi connectivity index (χ1v) is 5.37. The number of hydrogen-bond acceptors (Lipinski definition) is 5. The third kappa shape index (κ3) is 7.70. The molecule has 0 aromatic heterocycles. The SMILES string of the molecule is CC(C)NC(C)(N)OC(C)(N)NC(C)C. The van der Waals surface area contributed by atoms with Gasteiger partial charge in [-0.2, -0.15) is 0 Å². The number of hydrogen-bond donors (Lipinski definition) is 4. The first kappa shape index (κ1) is 14.8. The quantitative estimate of drug-likeness (QED) is 0.481. The molecule has 0 rings (SSSR count). The largest absolute Gasteiger partial charge is 0.314 e. The highest BCUT2D eigenvalue weighted by molar-refractivity contribution is 4.74. The van der Waals surface area contributed by atoms with Crippen molar-refractivity contribution < 1.29 is 4.74 Å². The number of nitrogens with two attached hydrogens (primary N) is 2. The van der Waals surface area contributed by atoms with E-state index in [1.807, 2.05) is 27.7 Å². The van der Waals surface area contributed by atoms with Crippen molar-refractivity contribution in [2.75, 3.05) is 0 Å². The van der Waals surface area contributed by atoms with E-state index in [1.165, 1.54) is 0 Å². The van der Waals surface area contributed by atoms with Gasteiger partial charge >= 0.3 is 0 Å². The van der Waals surface area contributed by atoms with Crippen molar-refractivity contribution in [3.63, 3.8) is 0 Å². The number of ether oxygens (including phenoxy) is 1. The minimum Gasteiger partial charge on any atom is -0.314 e. The molecule has 0 aliphatic heterocycles. The Balaban J connectivity index is 4.29. The molecule has 0 bridgehead atoms. The molecule has 0 aromatic rings. The van der Waals surface area contributed by atoms with Crippen molar-refractivity contribution in [3.8, 4) is 0 Å². The molecule has 0 radical (unpaired) electrons. The van der Waals surface area contributed by atoms with Crippen molar-refractivity contribution in [1.29, 1.82) is 0 Å².